The zero-order valence-corrected chi connectivity index (χ0v) is 20.5. The molecule has 31 heavy (non-hydrogen) atoms. The van der Waals surface area contributed by atoms with E-state index >= 15 is 0 Å². The van der Waals surface area contributed by atoms with Crippen LogP contribution in [-0.2, 0) is 19.1 Å². The number of rotatable bonds is 18. The Morgan fingerprint density at radius 1 is 0.968 bits per heavy atom. The fourth-order valence-corrected chi connectivity index (χ4v) is 3.49. The van der Waals surface area contributed by atoms with Crippen molar-refractivity contribution in [2.24, 2.45) is 5.92 Å². The van der Waals surface area contributed by atoms with Gasteiger partial charge in [-0.05, 0) is 52.6 Å². The lowest BCUT2D eigenvalue weighted by atomic mass is 10.2. The molecular weight excluding hydrogens is 418 g/mol. The lowest BCUT2D eigenvalue weighted by molar-refractivity contribution is -0.138. The van der Waals surface area contributed by atoms with Crippen molar-refractivity contribution in [3.63, 3.8) is 0 Å². The van der Waals surface area contributed by atoms with Gasteiger partial charge in [-0.3, -0.25) is 4.79 Å². The van der Waals surface area contributed by atoms with Crippen LogP contribution in [0.4, 0.5) is 4.79 Å². The fourth-order valence-electron chi connectivity index (χ4n) is 2.41. The van der Waals surface area contributed by atoms with Gasteiger partial charge in [0, 0.05) is 23.8 Å². The summed E-state index contributed by atoms with van der Waals surface area (Å²) < 4.78 is 9.94. The highest BCUT2D eigenvalue weighted by molar-refractivity contribution is 7.99. The molecular formula is C22H41N3O5S. The summed E-state index contributed by atoms with van der Waals surface area (Å²) in [6.45, 7) is 9.40. The van der Waals surface area contributed by atoms with Crippen LogP contribution in [0.2, 0.25) is 0 Å². The third-order valence-electron chi connectivity index (χ3n) is 4.27. The minimum absolute atomic E-state index is 0.0283. The summed E-state index contributed by atoms with van der Waals surface area (Å²) >= 11 is 1.81. The van der Waals surface area contributed by atoms with Crippen LogP contribution in [0.3, 0.4) is 0 Å². The first-order valence-corrected chi connectivity index (χ1v) is 12.1. The molecule has 0 aliphatic carbocycles. The molecule has 0 aromatic carbocycles. The van der Waals surface area contributed by atoms with Crippen molar-refractivity contribution < 1.29 is 23.9 Å². The van der Waals surface area contributed by atoms with Crippen molar-refractivity contribution in [1.82, 2.24) is 15.5 Å². The van der Waals surface area contributed by atoms with Crippen LogP contribution in [0.15, 0.2) is 12.2 Å². The first-order chi connectivity index (χ1) is 14.7. The van der Waals surface area contributed by atoms with E-state index in [4.69, 9.17) is 9.47 Å². The van der Waals surface area contributed by atoms with Crippen molar-refractivity contribution in [1.29, 1.82) is 0 Å². The van der Waals surface area contributed by atoms with Crippen LogP contribution in [-0.4, -0.2) is 81.3 Å². The highest BCUT2D eigenvalue weighted by Crippen LogP contribution is 2.12. The molecule has 0 rings (SSSR count). The summed E-state index contributed by atoms with van der Waals surface area (Å²) in [4.78, 5) is 36.8. The second-order valence-electron chi connectivity index (χ2n) is 7.82. The van der Waals surface area contributed by atoms with E-state index in [0.717, 1.165) is 56.7 Å². The van der Waals surface area contributed by atoms with Gasteiger partial charge in [-0.15, -0.1) is 0 Å². The van der Waals surface area contributed by atoms with Gasteiger partial charge in [0.05, 0.1) is 13.2 Å². The highest BCUT2D eigenvalue weighted by Gasteiger charge is 2.12. The first-order valence-electron chi connectivity index (χ1n) is 11.0. The molecule has 0 aliphatic heterocycles. The summed E-state index contributed by atoms with van der Waals surface area (Å²) in [6, 6.07) is 0. The van der Waals surface area contributed by atoms with E-state index < -0.39 is 12.1 Å². The maximum absolute atomic E-state index is 12.0. The Kier molecular flexibility index (Phi) is 17.9. The van der Waals surface area contributed by atoms with Crippen molar-refractivity contribution in [2.45, 2.75) is 46.0 Å². The number of nitrogens with one attached hydrogen (secondary N) is 2. The molecule has 2 amide bonds. The third-order valence-corrected chi connectivity index (χ3v) is 5.58. The van der Waals surface area contributed by atoms with Crippen molar-refractivity contribution in [3.8, 4) is 0 Å². The maximum atomic E-state index is 12.0. The summed E-state index contributed by atoms with van der Waals surface area (Å²) in [5.41, 5.74) is 0.326. The second kappa shape index (κ2) is 19.0. The second-order valence-corrected chi connectivity index (χ2v) is 8.97. The Bertz CT molecular complexity index is 543. The molecule has 1 atom stereocenters. The van der Waals surface area contributed by atoms with Crippen LogP contribution in [0.1, 0.15) is 46.0 Å². The largest absolute Gasteiger partial charge is 0.460 e. The lowest BCUT2D eigenvalue weighted by Crippen LogP contribution is -2.32. The van der Waals surface area contributed by atoms with Gasteiger partial charge in [0.15, 0.2) is 0 Å². The standard InChI is InChI=1S/C22H41N3O5S/c1-18(2)21(27)29-15-12-24-22(28)30-14-8-6-7-9-16-31-17-19(3)20(26)23-11-10-13-25(4)5/h19H,1,6-17H2,2-5H3,(H,23,26)(H,24,28). The van der Waals surface area contributed by atoms with E-state index in [-0.39, 0.29) is 25.0 Å². The van der Waals surface area contributed by atoms with Gasteiger partial charge >= 0.3 is 12.1 Å². The number of hydrogen-bond donors (Lipinski definition) is 2. The molecule has 0 aromatic heterocycles. The van der Waals surface area contributed by atoms with Crippen molar-refractivity contribution >= 4 is 29.7 Å². The predicted molar refractivity (Wildman–Crippen MR) is 126 cm³/mol. The maximum Gasteiger partial charge on any atom is 0.407 e. The van der Waals surface area contributed by atoms with Gasteiger partial charge in [0.2, 0.25) is 5.91 Å². The summed E-state index contributed by atoms with van der Waals surface area (Å²) in [5, 5.41) is 5.53. The van der Waals surface area contributed by atoms with E-state index in [2.05, 4.69) is 22.1 Å². The third kappa shape index (κ3) is 18.7. The molecule has 8 nitrogen and oxygen atoms in total. The van der Waals surface area contributed by atoms with E-state index in [1.165, 1.54) is 0 Å². The minimum atomic E-state index is -0.504. The summed E-state index contributed by atoms with van der Waals surface area (Å²) in [6.07, 6.45) is 4.42. The Morgan fingerprint density at radius 2 is 1.68 bits per heavy atom. The van der Waals surface area contributed by atoms with E-state index in [0.29, 0.717) is 12.2 Å². The molecule has 0 spiro atoms. The van der Waals surface area contributed by atoms with E-state index in [1.54, 1.807) is 6.92 Å². The first kappa shape index (κ1) is 29.3. The number of amides is 2. The molecule has 1 unspecified atom stereocenters. The molecule has 0 fully saturated rings. The number of nitrogens with zero attached hydrogens (tertiary/aromatic N) is 1. The summed E-state index contributed by atoms with van der Waals surface area (Å²) in [5.74, 6) is 1.56. The van der Waals surface area contributed by atoms with Crippen LogP contribution < -0.4 is 10.6 Å². The Labute approximate surface area is 191 Å². The topological polar surface area (TPSA) is 97.0 Å². The Balaban J connectivity index is 3.47. The van der Waals surface area contributed by atoms with E-state index in [9.17, 15) is 14.4 Å². The average molecular weight is 460 g/mol. The van der Waals surface area contributed by atoms with Crippen LogP contribution in [0.25, 0.3) is 0 Å². The highest BCUT2D eigenvalue weighted by atomic mass is 32.2. The lowest BCUT2D eigenvalue weighted by Gasteiger charge is -2.13. The van der Waals surface area contributed by atoms with Gasteiger partial charge in [-0.25, -0.2) is 9.59 Å². The Hall–Kier alpha value is -1.74. The number of alkyl carbamates (subject to hydrolysis) is 1. The smallest absolute Gasteiger partial charge is 0.407 e. The monoisotopic (exact) mass is 459 g/mol. The molecule has 9 heteroatoms. The summed E-state index contributed by atoms with van der Waals surface area (Å²) in [7, 11) is 4.06. The SMILES string of the molecule is C=C(C)C(=O)OCCNC(=O)OCCCCCCSCC(C)C(=O)NCCCN(C)C. The molecule has 0 saturated heterocycles. The van der Waals surface area contributed by atoms with Gasteiger partial charge < -0.3 is 25.0 Å². The molecule has 0 radical (unpaired) electrons. The minimum Gasteiger partial charge on any atom is -0.460 e. The molecule has 0 heterocycles. The number of esters is 1. The van der Waals surface area contributed by atoms with Crippen LogP contribution in [0, 0.1) is 5.92 Å². The normalized spacial score (nSPS) is 11.6. The number of hydrogen-bond acceptors (Lipinski definition) is 7. The van der Waals surface area contributed by atoms with Crippen LogP contribution >= 0.6 is 11.8 Å². The van der Waals surface area contributed by atoms with Gasteiger partial charge in [-0.1, -0.05) is 26.3 Å². The van der Waals surface area contributed by atoms with E-state index in [1.807, 2.05) is 32.8 Å². The molecule has 0 aliphatic rings. The molecule has 2 N–H and O–H groups in total. The fraction of sp³-hybridized carbons (Fsp3) is 0.773. The quantitative estimate of drug-likeness (QED) is 0.185. The van der Waals surface area contributed by atoms with Crippen LogP contribution in [0.5, 0.6) is 0 Å². The zero-order valence-electron chi connectivity index (χ0n) is 19.7. The molecule has 0 saturated carbocycles. The number of ether oxygens (including phenoxy) is 2. The number of thioether (sulfide) groups is 1. The molecule has 0 aromatic rings. The number of carbonyl (C=O) groups excluding carboxylic acids is 3. The zero-order chi connectivity index (χ0) is 23.5. The van der Waals surface area contributed by atoms with Crippen molar-refractivity contribution in [3.05, 3.63) is 12.2 Å². The van der Waals surface area contributed by atoms with Gasteiger partial charge in [0.25, 0.3) is 0 Å². The number of carbonyl (C=O) groups is 3. The molecule has 0 bridgehead atoms. The molecule has 180 valence electrons. The predicted octanol–water partition coefficient (Wildman–Crippen LogP) is 2.83. The number of unbranched alkanes of at least 4 members (excludes halogenated alkanes) is 3. The van der Waals surface area contributed by atoms with Gasteiger partial charge in [0.1, 0.15) is 6.61 Å². The van der Waals surface area contributed by atoms with Gasteiger partial charge in [-0.2, -0.15) is 11.8 Å². The average Bonchev–Trinajstić information content (AvgIpc) is 2.72. The Morgan fingerprint density at radius 3 is 2.35 bits per heavy atom. The van der Waals surface area contributed by atoms with Crippen molar-refractivity contribution in [2.75, 3.05) is 58.4 Å².